The van der Waals surface area contributed by atoms with Crippen LogP contribution in [0, 0.1) is 5.82 Å². The van der Waals surface area contributed by atoms with Gasteiger partial charge >= 0.3 is 0 Å². The predicted octanol–water partition coefficient (Wildman–Crippen LogP) is 1.91. The molecule has 0 atom stereocenters. The first-order valence-corrected chi connectivity index (χ1v) is 7.49. The summed E-state index contributed by atoms with van der Waals surface area (Å²) in [6.07, 6.45) is 0. The van der Waals surface area contributed by atoms with Gasteiger partial charge in [-0.1, -0.05) is 6.07 Å². The highest BCUT2D eigenvalue weighted by atomic mass is 79.9. The number of hydrogen-bond acceptors (Lipinski definition) is 2. The van der Waals surface area contributed by atoms with E-state index in [1.165, 1.54) is 0 Å². The van der Waals surface area contributed by atoms with Crippen molar-refractivity contribution in [1.29, 1.82) is 0 Å². The van der Waals surface area contributed by atoms with Gasteiger partial charge in [0.1, 0.15) is 5.82 Å². The predicted molar refractivity (Wildman–Crippen MR) is 83.4 cm³/mol. The van der Waals surface area contributed by atoms with Crippen LogP contribution in [0.25, 0.3) is 0 Å². The smallest absolute Gasteiger partial charge is 0.193 e. The van der Waals surface area contributed by atoms with Crippen LogP contribution in [0.4, 0.5) is 4.39 Å². The van der Waals surface area contributed by atoms with Gasteiger partial charge in [0.25, 0.3) is 0 Å². The fourth-order valence-electron chi connectivity index (χ4n) is 2.43. The molecule has 2 rings (SSSR count). The maximum Gasteiger partial charge on any atom is 0.193 e. The van der Waals surface area contributed by atoms with Gasteiger partial charge in [-0.3, -0.25) is 9.89 Å². The summed E-state index contributed by atoms with van der Waals surface area (Å²) >= 11 is 3.18. The van der Waals surface area contributed by atoms with E-state index in [0.717, 1.165) is 44.2 Å². The van der Waals surface area contributed by atoms with Gasteiger partial charge in [0, 0.05) is 46.8 Å². The molecule has 110 valence electrons. The van der Waals surface area contributed by atoms with Gasteiger partial charge in [0.15, 0.2) is 5.96 Å². The molecule has 1 heterocycles. The van der Waals surface area contributed by atoms with Gasteiger partial charge < -0.3 is 10.2 Å². The number of benzene rings is 1. The van der Waals surface area contributed by atoms with Gasteiger partial charge in [0.05, 0.1) is 4.47 Å². The van der Waals surface area contributed by atoms with E-state index in [9.17, 15) is 4.39 Å². The van der Waals surface area contributed by atoms with Crippen LogP contribution < -0.4 is 5.32 Å². The number of nitrogens with zero attached hydrogens (tertiary/aromatic N) is 3. The zero-order chi connectivity index (χ0) is 14.5. The highest BCUT2D eigenvalue weighted by Gasteiger charge is 2.19. The van der Waals surface area contributed by atoms with Gasteiger partial charge in [-0.15, -0.1) is 0 Å². The van der Waals surface area contributed by atoms with Gasteiger partial charge in [-0.05, 0) is 33.6 Å². The zero-order valence-corrected chi connectivity index (χ0v) is 13.5. The normalized spacial score (nSPS) is 17.4. The van der Waals surface area contributed by atoms with Crippen LogP contribution >= 0.6 is 15.9 Å². The third-order valence-corrected chi connectivity index (χ3v) is 4.14. The molecule has 0 aromatic heterocycles. The molecule has 1 aliphatic heterocycles. The Labute approximate surface area is 127 Å². The fourth-order valence-corrected chi connectivity index (χ4v) is 2.67. The largest absolute Gasteiger partial charge is 0.359 e. The molecule has 0 saturated carbocycles. The Hall–Kier alpha value is -1.14. The van der Waals surface area contributed by atoms with Crippen LogP contribution in [0.1, 0.15) is 5.56 Å². The molecule has 0 amide bonds. The highest BCUT2D eigenvalue weighted by Crippen LogP contribution is 2.18. The molecule has 4 nitrogen and oxygen atoms in total. The van der Waals surface area contributed by atoms with Crippen LogP contribution in [0.5, 0.6) is 0 Å². The minimum Gasteiger partial charge on any atom is -0.359 e. The maximum atomic E-state index is 13.5. The van der Waals surface area contributed by atoms with E-state index < -0.39 is 0 Å². The van der Waals surface area contributed by atoms with Crippen molar-refractivity contribution >= 4 is 21.9 Å². The lowest BCUT2D eigenvalue weighted by atomic mass is 10.2. The number of halogens is 2. The van der Waals surface area contributed by atoms with Crippen molar-refractivity contribution in [2.24, 2.45) is 4.99 Å². The molecule has 0 unspecified atom stereocenters. The monoisotopic (exact) mass is 342 g/mol. The Balaban J connectivity index is 1.89. The summed E-state index contributed by atoms with van der Waals surface area (Å²) in [5, 5.41) is 3.10. The number of hydrogen-bond donors (Lipinski definition) is 1. The van der Waals surface area contributed by atoms with Crippen molar-refractivity contribution in [3.63, 3.8) is 0 Å². The average Bonchev–Trinajstić information content (AvgIpc) is 2.46. The number of piperazine rings is 1. The SMILES string of the molecule is CN=C(NC)N1CCN(Cc2ccc(Br)c(F)c2)CC1. The molecular weight excluding hydrogens is 323 g/mol. The lowest BCUT2D eigenvalue weighted by Gasteiger charge is -2.36. The molecule has 0 aliphatic carbocycles. The van der Waals surface area contributed by atoms with Crippen molar-refractivity contribution < 1.29 is 4.39 Å². The quantitative estimate of drug-likeness (QED) is 0.658. The van der Waals surface area contributed by atoms with Crippen LogP contribution in [0.15, 0.2) is 27.7 Å². The summed E-state index contributed by atoms with van der Waals surface area (Å²) in [6, 6.07) is 5.33. The topological polar surface area (TPSA) is 30.9 Å². The molecule has 1 N–H and O–H groups in total. The van der Waals surface area contributed by atoms with Crippen molar-refractivity contribution in [2.75, 3.05) is 40.3 Å². The second-order valence-corrected chi connectivity index (χ2v) is 5.66. The van der Waals surface area contributed by atoms with Gasteiger partial charge in [-0.25, -0.2) is 4.39 Å². The molecule has 6 heteroatoms. The average molecular weight is 343 g/mol. The molecule has 1 fully saturated rings. The number of aliphatic imine (C=N–C) groups is 1. The summed E-state index contributed by atoms with van der Waals surface area (Å²) in [7, 11) is 3.68. The second kappa shape index (κ2) is 7.04. The van der Waals surface area contributed by atoms with Crippen molar-refractivity contribution in [3.8, 4) is 0 Å². The zero-order valence-electron chi connectivity index (χ0n) is 11.9. The van der Waals surface area contributed by atoms with Crippen molar-refractivity contribution in [3.05, 3.63) is 34.1 Å². The van der Waals surface area contributed by atoms with E-state index in [-0.39, 0.29) is 5.82 Å². The Bertz CT molecular complexity index is 484. The van der Waals surface area contributed by atoms with Crippen LogP contribution in [0.3, 0.4) is 0 Å². The minimum absolute atomic E-state index is 0.197. The molecule has 20 heavy (non-hydrogen) atoms. The minimum atomic E-state index is -0.197. The lowest BCUT2D eigenvalue weighted by Crippen LogP contribution is -2.51. The fraction of sp³-hybridized carbons (Fsp3) is 0.500. The van der Waals surface area contributed by atoms with E-state index in [2.05, 4.69) is 36.0 Å². The first-order chi connectivity index (χ1) is 9.63. The van der Waals surface area contributed by atoms with Crippen LogP contribution in [-0.4, -0.2) is 56.0 Å². The number of rotatable bonds is 2. The summed E-state index contributed by atoms with van der Waals surface area (Å²) < 4.78 is 14.0. The number of guanidine groups is 1. The molecular formula is C14H20BrFN4. The van der Waals surface area contributed by atoms with Crippen molar-refractivity contribution in [1.82, 2.24) is 15.1 Å². The van der Waals surface area contributed by atoms with E-state index in [4.69, 9.17) is 0 Å². The summed E-state index contributed by atoms with van der Waals surface area (Å²) in [4.78, 5) is 8.79. The molecule has 1 saturated heterocycles. The Morgan fingerprint density at radius 3 is 2.60 bits per heavy atom. The van der Waals surface area contributed by atoms with Gasteiger partial charge in [0.2, 0.25) is 0 Å². The van der Waals surface area contributed by atoms with E-state index in [1.807, 2.05) is 13.1 Å². The van der Waals surface area contributed by atoms with Crippen LogP contribution in [0.2, 0.25) is 0 Å². The highest BCUT2D eigenvalue weighted by molar-refractivity contribution is 9.10. The summed E-state index contributed by atoms with van der Waals surface area (Å²) in [6.45, 7) is 4.58. The summed E-state index contributed by atoms with van der Waals surface area (Å²) in [5.41, 5.74) is 1.01. The molecule has 1 aromatic rings. The molecule has 1 aromatic carbocycles. The lowest BCUT2D eigenvalue weighted by molar-refractivity contribution is 0.173. The third kappa shape index (κ3) is 3.70. The van der Waals surface area contributed by atoms with Crippen molar-refractivity contribution in [2.45, 2.75) is 6.54 Å². The second-order valence-electron chi connectivity index (χ2n) is 4.81. The Kier molecular flexibility index (Phi) is 5.37. The molecule has 0 spiro atoms. The standard InChI is InChI=1S/C14H20BrFN4/c1-17-14(18-2)20-7-5-19(6-8-20)10-11-3-4-12(15)13(16)9-11/h3-4,9H,5-8,10H2,1-2H3,(H,17,18). The van der Waals surface area contributed by atoms with E-state index in [0.29, 0.717) is 4.47 Å². The van der Waals surface area contributed by atoms with E-state index >= 15 is 0 Å². The molecule has 0 radical (unpaired) electrons. The third-order valence-electron chi connectivity index (χ3n) is 3.50. The first kappa shape index (κ1) is 15.3. The number of nitrogens with one attached hydrogen (secondary N) is 1. The summed E-state index contributed by atoms with van der Waals surface area (Å²) in [5.74, 6) is 0.732. The Morgan fingerprint density at radius 2 is 2.05 bits per heavy atom. The van der Waals surface area contributed by atoms with Crippen LogP contribution in [-0.2, 0) is 6.54 Å². The molecule has 0 bridgehead atoms. The van der Waals surface area contributed by atoms with Gasteiger partial charge in [-0.2, -0.15) is 0 Å². The first-order valence-electron chi connectivity index (χ1n) is 6.70. The van der Waals surface area contributed by atoms with E-state index in [1.54, 1.807) is 19.2 Å². The maximum absolute atomic E-state index is 13.5. The molecule has 1 aliphatic rings. The Morgan fingerprint density at radius 1 is 1.35 bits per heavy atom.